The molecule has 2 aliphatic heterocycles. The maximum Gasteiger partial charge on any atom is 0.252 e. The second kappa shape index (κ2) is 10.6. The Morgan fingerprint density at radius 3 is 2.73 bits per heavy atom. The molecule has 1 amide bonds. The van der Waals surface area contributed by atoms with Crippen LogP contribution in [0.4, 0.5) is 0 Å². The second-order valence-corrected chi connectivity index (χ2v) is 8.75. The fourth-order valence-corrected chi connectivity index (χ4v) is 4.53. The van der Waals surface area contributed by atoms with E-state index < -0.39 is 0 Å². The molecule has 1 fully saturated rings. The minimum atomic E-state index is -0.312. The molecule has 2 aromatic carbocycles. The Morgan fingerprint density at radius 2 is 1.97 bits per heavy atom. The van der Waals surface area contributed by atoms with Crippen molar-refractivity contribution in [3.63, 3.8) is 0 Å². The first-order valence-electron chi connectivity index (χ1n) is 11.8. The van der Waals surface area contributed by atoms with E-state index in [1.165, 1.54) is 18.4 Å². The number of fused-ring (bicyclic) bond motifs is 1. The highest BCUT2D eigenvalue weighted by Gasteiger charge is 2.26. The zero-order chi connectivity index (χ0) is 23.2. The van der Waals surface area contributed by atoms with Gasteiger partial charge in [-0.25, -0.2) is 0 Å². The van der Waals surface area contributed by atoms with Gasteiger partial charge in [-0.3, -0.25) is 14.7 Å². The number of likely N-dealkylation sites (tertiary alicyclic amines) is 1. The molecule has 0 saturated carbocycles. The molecule has 5 heteroatoms. The maximum absolute atomic E-state index is 13.1. The smallest absolute Gasteiger partial charge is 0.252 e. The van der Waals surface area contributed by atoms with Gasteiger partial charge in [0.05, 0.1) is 6.26 Å². The lowest BCUT2D eigenvalue weighted by Gasteiger charge is -2.27. The number of carbonyl (C=O) groups excluding carboxylic acids is 1. The average Bonchev–Trinajstić information content (AvgIpc) is 3.34. The summed E-state index contributed by atoms with van der Waals surface area (Å²) >= 11 is 0. The first-order valence-corrected chi connectivity index (χ1v) is 11.8. The van der Waals surface area contributed by atoms with Crippen LogP contribution >= 0.6 is 0 Å². The number of amides is 1. The second-order valence-electron chi connectivity index (χ2n) is 8.75. The van der Waals surface area contributed by atoms with Gasteiger partial charge in [-0.2, -0.15) is 0 Å². The Balaban J connectivity index is 1.47. The SMILES string of the molecule is C/C=C(\O/C=C/C)c1ccc2c(c1)C(C)C(NC(=O)c1cccc(CN3CCCC3)c1)N=C2. The Morgan fingerprint density at radius 1 is 1.15 bits per heavy atom. The first-order chi connectivity index (χ1) is 16.1. The van der Waals surface area contributed by atoms with Crippen molar-refractivity contribution >= 4 is 17.9 Å². The van der Waals surface area contributed by atoms with Crippen LogP contribution in [0.1, 0.15) is 72.1 Å². The van der Waals surface area contributed by atoms with Gasteiger partial charge in [0, 0.05) is 29.8 Å². The number of nitrogens with zero attached hydrogens (tertiary/aromatic N) is 2. The van der Waals surface area contributed by atoms with Crippen LogP contribution in [-0.2, 0) is 11.3 Å². The van der Waals surface area contributed by atoms with Crippen molar-refractivity contribution in [3.05, 3.63) is 88.7 Å². The van der Waals surface area contributed by atoms with Crippen LogP contribution in [0, 0.1) is 0 Å². The summed E-state index contributed by atoms with van der Waals surface area (Å²) in [6, 6.07) is 14.2. The molecule has 172 valence electrons. The predicted molar refractivity (Wildman–Crippen MR) is 134 cm³/mol. The summed E-state index contributed by atoms with van der Waals surface area (Å²) in [6.45, 7) is 9.17. The number of nitrogens with one attached hydrogen (secondary N) is 1. The van der Waals surface area contributed by atoms with Crippen molar-refractivity contribution in [2.75, 3.05) is 13.1 Å². The van der Waals surface area contributed by atoms with Crippen LogP contribution in [0.3, 0.4) is 0 Å². The lowest BCUT2D eigenvalue weighted by molar-refractivity contribution is 0.0933. The van der Waals surface area contributed by atoms with Crippen molar-refractivity contribution in [3.8, 4) is 0 Å². The van der Waals surface area contributed by atoms with Crippen molar-refractivity contribution < 1.29 is 9.53 Å². The third kappa shape index (κ3) is 5.42. The summed E-state index contributed by atoms with van der Waals surface area (Å²) in [4.78, 5) is 20.2. The lowest BCUT2D eigenvalue weighted by atomic mass is 9.89. The molecule has 5 nitrogen and oxygen atoms in total. The highest BCUT2D eigenvalue weighted by molar-refractivity contribution is 5.95. The van der Waals surface area contributed by atoms with E-state index in [1.807, 2.05) is 56.5 Å². The largest absolute Gasteiger partial charge is 0.465 e. The Bertz CT molecular complexity index is 1080. The number of hydrogen-bond acceptors (Lipinski definition) is 4. The number of carbonyl (C=O) groups is 1. The number of ether oxygens (including phenoxy) is 1. The third-order valence-corrected chi connectivity index (χ3v) is 6.38. The fraction of sp³-hybridized carbons (Fsp3) is 0.357. The fourth-order valence-electron chi connectivity index (χ4n) is 4.53. The highest BCUT2D eigenvalue weighted by atomic mass is 16.5. The van der Waals surface area contributed by atoms with Gasteiger partial charge in [-0.15, -0.1) is 0 Å². The maximum atomic E-state index is 13.1. The summed E-state index contributed by atoms with van der Waals surface area (Å²) in [5, 5.41) is 3.14. The zero-order valence-electron chi connectivity index (χ0n) is 19.8. The van der Waals surface area contributed by atoms with E-state index in [1.54, 1.807) is 6.26 Å². The number of aliphatic imine (C=N–C) groups is 1. The van der Waals surface area contributed by atoms with E-state index in [0.717, 1.165) is 42.1 Å². The molecule has 0 bridgehead atoms. The lowest BCUT2D eigenvalue weighted by Crippen LogP contribution is -2.39. The quantitative estimate of drug-likeness (QED) is 0.576. The van der Waals surface area contributed by atoms with Crippen molar-refractivity contribution in [2.24, 2.45) is 4.99 Å². The van der Waals surface area contributed by atoms with Gasteiger partial charge < -0.3 is 10.1 Å². The van der Waals surface area contributed by atoms with E-state index in [0.29, 0.717) is 5.56 Å². The van der Waals surface area contributed by atoms with E-state index in [4.69, 9.17) is 4.74 Å². The summed E-state index contributed by atoms with van der Waals surface area (Å²) in [5.41, 5.74) is 5.10. The molecule has 2 heterocycles. The van der Waals surface area contributed by atoms with Crippen LogP contribution in [-0.4, -0.2) is 36.3 Å². The van der Waals surface area contributed by atoms with Crippen molar-refractivity contribution in [1.29, 1.82) is 0 Å². The Labute approximate surface area is 196 Å². The number of benzene rings is 2. The molecule has 0 radical (unpaired) electrons. The van der Waals surface area contributed by atoms with Gasteiger partial charge in [-0.1, -0.05) is 37.3 Å². The minimum Gasteiger partial charge on any atom is -0.465 e. The number of rotatable bonds is 7. The first kappa shape index (κ1) is 23.0. The van der Waals surface area contributed by atoms with Gasteiger partial charge in [0.25, 0.3) is 5.91 Å². The number of allylic oxidation sites excluding steroid dienone is 2. The molecule has 0 spiro atoms. The molecule has 0 aromatic heterocycles. The highest BCUT2D eigenvalue weighted by Crippen LogP contribution is 2.30. The van der Waals surface area contributed by atoms with Crippen LogP contribution in [0.15, 0.2) is 65.9 Å². The third-order valence-electron chi connectivity index (χ3n) is 6.38. The van der Waals surface area contributed by atoms with Gasteiger partial charge in [0.1, 0.15) is 11.9 Å². The zero-order valence-corrected chi connectivity index (χ0v) is 19.8. The molecule has 2 atom stereocenters. The standard InChI is InChI=1S/C28H33N3O2/c1-4-15-33-26(5-2)22-11-12-24-18-29-27(20(3)25(24)17-22)30-28(32)23-10-8-9-21(16-23)19-31-13-6-7-14-31/h4-5,8-12,15-18,20,27H,6-7,13-14,19H2,1-3H3,(H,30,32)/b15-4+,26-5-. The molecule has 1 N–H and O–H groups in total. The van der Waals surface area contributed by atoms with Crippen LogP contribution in [0.5, 0.6) is 0 Å². The summed E-state index contributed by atoms with van der Waals surface area (Å²) in [5.74, 6) is 0.764. The van der Waals surface area contributed by atoms with E-state index in [2.05, 4.69) is 40.3 Å². The van der Waals surface area contributed by atoms with Gasteiger partial charge in [0.15, 0.2) is 0 Å². The predicted octanol–water partition coefficient (Wildman–Crippen LogP) is 5.49. The number of hydrogen-bond donors (Lipinski definition) is 1. The molecule has 2 aliphatic rings. The monoisotopic (exact) mass is 443 g/mol. The van der Waals surface area contributed by atoms with Crippen LogP contribution < -0.4 is 5.32 Å². The molecule has 2 aromatic rings. The molecular formula is C28H33N3O2. The topological polar surface area (TPSA) is 53.9 Å². The van der Waals surface area contributed by atoms with E-state index >= 15 is 0 Å². The Hall–Kier alpha value is -3.18. The van der Waals surface area contributed by atoms with Crippen LogP contribution in [0.25, 0.3) is 5.76 Å². The van der Waals surface area contributed by atoms with Gasteiger partial charge >= 0.3 is 0 Å². The van der Waals surface area contributed by atoms with Gasteiger partial charge in [0.2, 0.25) is 0 Å². The summed E-state index contributed by atoms with van der Waals surface area (Å²) < 4.78 is 5.73. The Kier molecular flexibility index (Phi) is 7.40. The molecule has 1 saturated heterocycles. The molecule has 4 rings (SSSR count). The van der Waals surface area contributed by atoms with E-state index in [9.17, 15) is 4.79 Å². The molecule has 0 aliphatic carbocycles. The van der Waals surface area contributed by atoms with Crippen molar-refractivity contribution in [1.82, 2.24) is 10.2 Å². The van der Waals surface area contributed by atoms with Crippen molar-refractivity contribution in [2.45, 2.75) is 52.2 Å². The minimum absolute atomic E-state index is 0.0431. The average molecular weight is 444 g/mol. The normalized spacial score (nSPS) is 20.8. The van der Waals surface area contributed by atoms with Gasteiger partial charge in [-0.05, 0) is 80.7 Å². The summed E-state index contributed by atoms with van der Waals surface area (Å²) in [6.07, 6.45) is 9.57. The molecule has 2 unspecified atom stereocenters. The summed E-state index contributed by atoms with van der Waals surface area (Å²) in [7, 11) is 0. The molecular weight excluding hydrogens is 410 g/mol. The van der Waals surface area contributed by atoms with E-state index in [-0.39, 0.29) is 18.0 Å². The van der Waals surface area contributed by atoms with Crippen LogP contribution in [0.2, 0.25) is 0 Å². The molecule has 33 heavy (non-hydrogen) atoms.